The quantitative estimate of drug-likeness (QED) is 0.832. The zero-order valence-electron chi connectivity index (χ0n) is 8.22. The second-order valence-corrected chi connectivity index (χ2v) is 5.29. The zero-order valence-corrected chi connectivity index (χ0v) is 9.80. The highest BCUT2D eigenvalue weighted by atomic mass is 35.5. The van der Waals surface area contributed by atoms with Gasteiger partial charge in [-0.25, -0.2) is 4.39 Å². The summed E-state index contributed by atoms with van der Waals surface area (Å²) in [5.41, 5.74) is 4.18. The minimum absolute atomic E-state index is 0.0797. The first kappa shape index (κ1) is 12.0. The molecule has 14 heavy (non-hydrogen) atoms. The Hall–Kier alpha value is -0.120. The van der Waals surface area contributed by atoms with Gasteiger partial charge in [-0.05, 0) is 18.6 Å². The molecular formula is C10H15ClFNS. The molecule has 4 heteroatoms. The van der Waals surface area contributed by atoms with Gasteiger partial charge in [0.15, 0.2) is 0 Å². The van der Waals surface area contributed by atoms with Gasteiger partial charge in [0.25, 0.3) is 0 Å². The average molecular weight is 236 g/mol. The molecule has 0 saturated heterocycles. The number of nitrogens with two attached hydrogens (primary N) is 1. The van der Waals surface area contributed by atoms with Gasteiger partial charge >= 0.3 is 0 Å². The first-order valence-corrected chi connectivity index (χ1v) is 5.92. The lowest BCUT2D eigenvalue weighted by atomic mass is 9.95. The summed E-state index contributed by atoms with van der Waals surface area (Å²) < 4.78 is 14.8. The fourth-order valence-corrected chi connectivity index (χ4v) is 2.68. The maximum Gasteiger partial charge on any atom is 0.128 e. The third kappa shape index (κ3) is 3.23. The standard InChI is InChI=1S/C10H15ClFNS/c1-2-5-10(12,7-13)6-8-3-4-9(11)14-8/h3-4H,2,5-7,13H2,1H3. The van der Waals surface area contributed by atoms with Gasteiger partial charge in [0.2, 0.25) is 0 Å². The summed E-state index contributed by atoms with van der Waals surface area (Å²) in [6.07, 6.45) is 1.71. The van der Waals surface area contributed by atoms with Gasteiger partial charge in [0.05, 0.1) is 4.34 Å². The molecule has 0 aliphatic heterocycles. The van der Waals surface area contributed by atoms with Crippen molar-refractivity contribution in [2.75, 3.05) is 6.54 Å². The van der Waals surface area contributed by atoms with E-state index < -0.39 is 5.67 Å². The fourth-order valence-electron chi connectivity index (χ4n) is 1.47. The van der Waals surface area contributed by atoms with Crippen molar-refractivity contribution in [2.24, 2.45) is 5.73 Å². The molecule has 1 rings (SSSR count). The van der Waals surface area contributed by atoms with E-state index in [-0.39, 0.29) is 6.54 Å². The molecule has 1 unspecified atom stereocenters. The molecule has 1 heterocycles. The van der Waals surface area contributed by atoms with Crippen LogP contribution < -0.4 is 5.73 Å². The number of halogens is 2. The third-order valence-corrected chi connectivity index (χ3v) is 3.41. The van der Waals surface area contributed by atoms with Crippen molar-refractivity contribution < 1.29 is 4.39 Å². The van der Waals surface area contributed by atoms with Gasteiger partial charge in [-0.2, -0.15) is 0 Å². The molecule has 1 nitrogen and oxygen atoms in total. The van der Waals surface area contributed by atoms with Gasteiger partial charge < -0.3 is 5.73 Å². The second kappa shape index (κ2) is 5.10. The lowest BCUT2D eigenvalue weighted by Crippen LogP contribution is -2.34. The van der Waals surface area contributed by atoms with E-state index in [1.54, 1.807) is 6.07 Å². The van der Waals surface area contributed by atoms with E-state index in [2.05, 4.69) is 0 Å². The predicted molar refractivity (Wildman–Crippen MR) is 60.8 cm³/mol. The lowest BCUT2D eigenvalue weighted by molar-refractivity contribution is 0.159. The van der Waals surface area contributed by atoms with Crippen molar-refractivity contribution in [3.05, 3.63) is 21.3 Å². The van der Waals surface area contributed by atoms with Crippen molar-refractivity contribution in [1.82, 2.24) is 0 Å². The summed E-state index contributed by atoms with van der Waals surface area (Å²) in [5, 5.41) is 0. The van der Waals surface area contributed by atoms with Crippen LogP contribution in [0.2, 0.25) is 4.34 Å². The zero-order chi connectivity index (χ0) is 10.6. The number of thiophene rings is 1. The van der Waals surface area contributed by atoms with E-state index in [1.165, 1.54) is 11.3 Å². The Morgan fingerprint density at radius 1 is 1.57 bits per heavy atom. The SMILES string of the molecule is CCCC(F)(CN)Cc1ccc(Cl)s1. The Kier molecular flexibility index (Phi) is 4.35. The van der Waals surface area contributed by atoms with Crippen molar-refractivity contribution in [3.63, 3.8) is 0 Å². The van der Waals surface area contributed by atoms with Crippen molar-refractivity contribution in [2.45, 2.75) is 31.9 Å². The molecule has 1 atom stereocenters. The van der Waals surface area contributed by atoms with Crippen LogP contribution in [0.5, 0.6) is 0 Å². The third-order valence-electron chi connectivity index (χ3n) is 2.18. The molecule has 0 bridgehead atoms. The van der Waals surface area contributed by atoms with Crippen LogP contribution in [0.3, 0.4) is 0 Å². The molecular weight excluding hydrogens is 221 g/mol. The Balaban J connectivity index is 2.64. The topological polar surface area (TPSA) is 26.0 Å². The molecule has 0 aromatic carbocycles. The smallest absolute Gasteiger partial charge is 0.128 e. The van der Waals surface area contributed by atoms with E-state index in [4.69, 9.17) is 17.3 Å². The molecule has 0 fully saturated rings. The van der Waals surface area contributed by atoms with Crippen LogP contribution in [0, 0.1) is 0 Å². The average Bonchev–Trinajstić information content (AvgIpc) is 2.51. The van der Waals surface area contributed by atoms with Gasteiger partial charge in [-0.15, -0.1) is 11.3 Å². The highest BCUT2D eigenvalue weighted by Gasteiger charge is 2.27. The summed E-state index contributed by atoms with van der Waals surface area (Å²) in [4.78, 5) is 0.969. The largest absolute Gasteiger partial charge is 0.328 e. The van der Waals surface area contributed by atoms with Crippen molar-refractivity contribution in [1.29, 1.82) is 0 Å². The minimum atomic E-state index is -1.26. The number of hydrogen-bond acceptors (Lipinski definition) is 2. The summed E-state index contributed by atoms with van der Waals surface area (Å²) in [5.74, 6) is 0. The van der Waals surface area contributed by atoms with Crippen LogP contribution in [0.1, 0.15) is 24.6 Å². The van der Waals surface area contributed by atoms with Gasteiger partial charge in [-0.3, -0.25) is 0 Å². The molecule has 0 saturated carbocycles. The van der Waals surface area contributed by atoms with Crippen LogP contribution in [-0.4, -0.2) is 12.2 Å². The van der Waals surface area contributed by atoms with Gasteiger partial charge in [0, 0.05) is 17.8 Å². The second-order valence-electron chi connectivity index (χ2n) is 3.49. The molecule has 80 valence electrons. The predicted octanol–water partition coefficient (Wildman–Crippen LogP) is 3.41. The molecule has 2 N–H and O–H groups in total. The number of rotatable bonds is 5. The van der Waals surface area contributed by atoms with E-state index in [0.717, 1.165) is 11.3 Å². The van der Waals surface area contributed by atoms with E-state index in [0.29, 0.717) is 17.2 Å². The molecule has 0 aliphatic carbocycles. The van der Waals surface area contributed by atoms with Crippen LogP contribution in [-0.2, 0) is 6.42 Å². The van der Waals surface area contributed by atoms with Crippen LogP contribution in [0.25, 0.3) is 0 Å². The molecule has 0 aliphatic rings. The normalized spacial score (nSPS) is 15.4. The van der Waals surface area contributed by atoms with E-state index >= 15 is 0 Å². The molecule has 1 aromatic rings. The monoisotopic (exact) mass is 235 g/mol. The van der Waals surface area contributed by atoms with E-state index in [1.807, 2.05) is 13.0 Å². The summed E-state index contributed by atoms with van der Waals surface area (Å²) in [6.45, 7) is 2.04. The Morgan fingerprint density at radius 3 is 2.71 bits per heavy atom. The van der Waals surface area contributed by atoms with E-state index in [9.17, 15) is 4.39 Å². The Labute approximate surface area is 93.1 Å². The van der Waals surface area contributed by atoms with Crippen LogP contribution >= 0.6 is 22.9 Å². The molecule has 0 radical (unpaired) electrons. The summed E-state index contributed by atoms with van der Waals surface area (Å²) in [6, 6.07) is 3.66. The molecule has 0 amide bonds. The number of hydrogen-bond donors (Lipinski definition) is 1. The minimum Gasteiger partial charge on any atom is -0.328 e. The highest BCUT2D eigenvalue weighted by molar-refractivity contribution is 7.16. The van der Waals surface area contributed by atoms with Crippen molar-refractivity contribution in [3.8, 4) is 0 Å². The summed E-state index contributed by atoms with van der Waals surface area (Å²) >= 11 is 7.20. The Bertz CT molecular complexity index is 289. The maximum atomic E-state index is 14.1. The summed E-state index contributed by atoms with van der Waals surface area (Å²) in [7, 11) is 0. The Morgan fingerprint density at radius 2 is 2.29 bits per heavy atom. The molecule has 1 aromatic heterocycles. The van der Waals surface area contributed by atoms with Gasteiger partial charge in [0.1, 0.15) is 5.67 Å². The first-order chi connectivity index (χ1) is 6.59. The lowest BCUT2D eigenvalue weighted by Gasteiger charge is -2.22. The highest BCUT2D eigenvalue weighted by Crippen LogP contribution is 2.28. The van der Waals surface area contributed by atoms with Crippen LogP contribution in [0.15, 0.2) is 12.1 Å². The van der Waals surface area contributed by atoms with Crippen LogP contribution in [0.4, 0.5) is 4.39 Å². The van der Waals surface area contributed by atoms with Crippen molar-refractivity contribution >= 4 is 22.9 Å². The number of alkyl halides is 1. The molecule has 0 spiro atoms. The van der Waals surface area contributed by atoms with Gasteiger partial charge in [-0.1, -0.05) is 24.9 Å². The maximum absolute atomic E-state index is 14.1. The fraction of sp³-hybridized carbons (Fsp3) is 0.600. The first-order valence-electron chi connectivity index (χ1n) is 4.73.